The normalized spacial score (nSPS) is 21.5. The van der Waals surface area contributed by atoms with Crippen LogP contribution < -0.4 is 5.32 Å². The summed E-state index contributed by atoms with van der Waals surface area (Å²) in [6.07, 6.45) is 3.96. The van der Waals surface area contributed by atoms with E-state index < -0.39 is 0 Å². The molecule has 0 bridgehead atoms. The first-order chi connectivity index (χ1) is 7.25. The van der Waals surface area contributed by atoms with Gasteiger partial charge in [-0.25, -0.2) is 0 Å². The van der Waals surface area contributed by atoms with E-state index >= 15 is 0 Å². The molecule has 0 saturated carbocycles. The van der Waals surface area contributed by atoms with E-state index in [2.05, 4.69) is 21.2 Å². The molecule has 0 aliphatic carbocycles. The van der Waals surface area contributed by atoms with Gasteiger partial charge in [-0.05, 0) is 47.4 Å². The maximum absolute atomic E-state index is 11.9. The number of rotatable bonds is 3. The molecule has 1 aliphatic heterocycles. The van der Waals surface area contributed by atoms with E-state index in [0.717, 1.165) is 21.6 Å². The van der Waals surface area contributed by atoms with Crippen molar-refractivity contribution in [1.82, 2.24) is 5.32 Å². The monoisotopic (exact) mass is 287 g/mol. The highest BCUT2D eigenvalue weighted by atomic mass is 79.9. The first-order valence-corrected chi connectivity index (χ1v) is 6.87. The van der Waals surface area contributed by atoms with Crippen LogP contribution in [0.1, 0.15) is 24.1 Å². The number of thiophene rings is 1. The lowest BCUT2D eigenvalue weighted by molar-refractivity contribution is -0.120. The van der Waals surface area contributed by atoms with Crippen molar-refractivity contribution in [3.8, 4) is 0 Å². The van der Waals surface area contributed by atoms with Gasteiger partial charge in [0.1, 0.15) is 0 Å². The van der Waals surface area contributed by atoms with Gasteiger partial charge < -0.3 is 5.32 Å². The number of hydrogen-bond donors (Lipinski definition) is 1. The van der Waals surface area contributed by atoms with Crippen LogP contribution in [0.5, 0.6) is 0 Å². The Bertz CT molecular complexity index is 344. The van der Waals surface area contributed by atoms with Gasteiger partial charge in [0.25, 0.3) is 0 Å². The number of Topliss-reactive ketones (excluding diaryl/α,β-unsaturated/α-hetero) is 1. The largest absolute Gasteiger partial charge is 0.307 e. The molecule has 0 radical (unpaired) electrons. The quantitative estimate of drug-likeness (QED) is 0.926. The Labute approximate surface area is 102 Å². The molecule has 1 unspecified atom stereocenters. The Kier molecular flexibility index (Phi) is 3.94. The number of hydrogen-bond acceptors (Lipinski definition) is 3. The molecule has 1 aliphatic rings. The van der Waals surface area contributed by atoms with Gasteiger partial charge in [0, 0.05) is 11.3 Å². The van der Waals surface area contributed by atoms with Crippen molar-refractivity contribution in [3.05, 3.63) is 20.8 Å². The summed E-state index contributed by atoms with van der Waals surface area (Å²) < 4.78 is 1.10. The predicted octanol–water partition coefficient (Wildman–Crippen LogP) is 2.76. The zero-order valence-electron chi connectivity index (χ0n) is 8.46. The van der Waals surface area contributed by atoms with Crippen molar-refractivity contribution in [1.29, 1.82) is 0 Å². The lowest BCUT2D eigenvalue weighted by atomic mass is 9.99. The van der Waals surface area contributed by atoms with Crippen molar-refractivity contribution in [2.75, 3.05) is 6.54 Å². The summed E-state index contributed by atoms with van der Waals surface area (Å²) in [6.45, 7) is 0.991. The van der Waals surface area contributed by atoms with E-state index in [1.165, 1.54) is 12.8 Å². The second-order valence-electron chi connectivity index (χ2n) is 3.85. The van der Waals surface area contributed by atoms with Gasteiger partial charge >= 0.3 is 0 Å². The highest BCUT2D eigenvalue weighted by Crippen LogP contribution is 2.23. The van der Waals surface area contributed by atoms with Crippen molar-refractivity contribution >= 4 is 33.0 Å². The zero-order chi connectivity index (χ0) is 10.7. The molecule has 2 rings (SSSR count). The van der Waals surface area contributed by atoms with Crippen LogP contribution in [0.3, 0.4) is 0 Å². The molecule has 0 spiro atoms. The molecule has 1 saturated heterocycles. The van der Waals surface area contributed by atoms with E-state index in [0.29, 0.717) is 12.2 Å². The molecular formula is C11H14BrNOS. The van der Waals surface area contributed by atoms with Crippen LogP contribution in [0.4, 0.5) is 0 Å². The highest BCUT2D eigenvalue weighted by molar-refractivity contribution is 9.11. The van der Waals surface area contributed by atoms with Crippen LogP contribution in [0.2, 0.25) is 0 Å². The van der Waals surface area contributed by atoms with Crippen LogP contribution in [-0.4, -0.2) is 18.4 Å². The van der Waals surface area contributed by atoms with E-state index in [4.69, 9.17) is 0 Å². The van der Waals surface area contributed by atoms with E-state index in [9.17, 15) is 4.79 Å². The number of halogens is 1. The van der Waals surface area contributed by atoms with Crippen LogP contribution in [0, 0.1) is 0 Å². The number of nitrogens with one attached hydrogen (secondary N) is 1. The van der Waals surface area contributed by atoms with Gasteiger partial charge in [-0.2, -0.15) is 0 Å². The van der Waals surface area contributed by atoms with Crippen molar-refractivity contribution in [2.45, 2.75) is 31.7 Å². The topological polar surface area (TPSA) is 29.1 Å². The molecule has 0 aromatic carbocycles. The average molecular weight is 288 g/mol. The van der Waals surface area contributed by atoms with E-state index in [1.807, 2.05) is 12.1 Å². The Hall–Kier alpha value is -0.190. The predicted molar refractivity (Wildman–Crippen MR) is 66.4 cm³/mol. The maximum atomic E-state index is 11.9. The third-order valence-corrected chi connectivity index (χ3v) is 4.30. The fourth-order valence-electron chi connectivity index (χ4n) is 1.87. The molecule has 1 fully saturated rings. The Morgan fingerprint density at radius 1 is 1.53 bits per heavy atom. The summed E-state index contributed by atoms with van der Waals surface area (Å²) in [5.41, 5.74) is 0. The highest BCUT2D eigenvalue weighted by Gasteiger charge is 2.20. The smallest absolute Gasteiger partial charge is 0.154 e. The maximum Gasteiger partial charge on any atom is 0.154 e. The number of carbonyl (C=O) groups excluding carboxylic acids is 1. The molecule has 0 amide bonds. The van der Waals surface area contributed by atoms with E-state index in [-0.39, 0.29) is 6.04 Å². The van der Waals surface area contributed by atoms with Gasteiger partial charge in [-0.3, -0.25) is 4.79 Å². The number of ketones is 1. The van der Waals surface area contributed by atoms with E-state index in [1.54, 1.807) is 11.3 Å². The molecule has 1 aromatic rings. The van der Waals surface area contributed by atoms with Gasteiger partial charge in [0.2, 0.25) is 0 Å². The Balaban J connectivity index is 1.91. The van der Waals surface area contributed by atoms with Crippen molar-refractivity contribution in [3.63, 3.8) is 0 Å². The summed E-state index contributed by atoms with van der Waals surface area (Å²) >= 11 is 5.06. The Morgan fingerprint density at radius 3 is 3.00 bits per heavy atom. The SMILES string of the molecule is O=C(Cc1ccc(Br)s1)C1CCCCN1. The third-order valence-electron chi connectivity index (χ3n) is 2.68. The summed E-state index contributed by atoms with van der Waals surface area (Å²) in [6, 6.07) is 4.12. The molecule has 15 heavy (non-hydrogen) atoms. The molecule has 1 atom stereocenters. The molecule has 2 nitrogen and oxygen atoms in total. The van der Waals surface area contributed by atoms with Gasteiger partial charge in [0.05, 0.1) is 9.83 Å². The summed E-state index contributed by atoms with van der Waals surface area (Å²) in [5, 5.41) is 3.29. The lowest BCUT2D eigenvalue weighted by Gasteiger charge is -2.21. The van der Waals surface area contributed by atoms with Crippen LogP contribution in [0.15, 0.2) is 15.9 Å². The molecule has 82 valence electrons. The minimum absolute atomic E-state index is 0.0969. The molecular weight excluding hydrogens is 274 g/mol. The number of carbonyl (C=O) groups is 1. The standard InChI is InChI=1S/C11H14BrNOS/c12-11-5-4-8(15-11)7-10(14)9-3-1-2-6-13-9/h4-5,9,13H,1-3,6-7H2. The fourth-order valence-corrected chi connectivity index (χ4v) is 3.36. The average Bonchev–Trinajstić information content (AvgIpc) is 2.65. The minimum atomic E-state index is 0.0969. The van der Waals surface area contributed by atoms with Gasteiger partial charge in [-0.15, -0.1) is 11.3 Å². The second kappa shape index (κ2) is 5.23. The molecule has 2 heterocycles. The summed E-state index contributed by atoms with van der Waals surface area (Å²) in [7, 11) is 0. The van der Waals surface area contributed by atoms with Crippen molar-refractivity contribution < 1.29 is 4.79 Å². The van der Waals surface area contributed by atoms with Gasteiger partial charge in [-0.1, -0.05) is 6.42 Å². The van der Waals surface area contributed by atoms with Crippen LogP contribution >= 0.6 is 27.3 Å². The molecule has 1 aromatic heterocycles. The third kappa shape index (κ3) is 3.13. The molecule has 4 heteroatoms. The Morgan fingerprint density at radius 2 is 2.40 bits per heavy atom. The summed E-state index contributed by atoms with van der Waals surface area (Å²) in [5.74, 6) is 0.337. The van der Waals surface area contributed by atoms with Gasteiger partial charge in [0.15, 0.2) is 5.78 Å². The minimum Gasteiger partial charge on any atom is -0.307 e. The summed E-state index contributed by atoms with van der Waals surface area (Å²) in [4.78, 5) is 13.1. The first kappa shape index (κ1) is 11.3. The fraction of sp³-hybridized carbons (Fsp3) is 0.545. The lowest BCUT2D eigenvalue weighted by Crippen LogP contribution is -2.41. The second-order valence-corrected chi connectivity index (χ2v) is 6.40. The first-order valence-electron chi connectivity index (χ1n) is 5.26. The zero-order valence-corrected chi connectivity index (χ0v) is 10.9. The number of piperidine rings is 1. The molecule has 1 N–H and O–H groups in total. The van der Waals surface area contributed by atoms with Crippen LogP contribution in [-0.2, 0) is 11.2 Å². The van der Waals surface area contributed by atoms with Crippen LogP contribution in [0.25, 0.3) is 0 Å². The van der Waals surface area contributed by atoms with Crippen molar-refractivity contribution in [2.24, 2.45) is 0 Å².